The molecule has 3 heterocycles. The maximum Gasteiger partial charge on any atom is 0.494 e. The fourth-order valence-corrected chi connectivity index (χ4v) is 5.44. The smallest absolute Gasteiger partial charge is 0.444 e. The minimum Gasteiger partial charge on any atom is -0.444 e. The summed E-state index contributed by atoms with van der Waals surface area (Å²) < 4.78 is 19.0. The highest BCUT2D eigenvalue weighted by Gasteiger charge is 2.51. The summed E-state index contributed by atoms with van der Waals surface area (Å²) in [5, 5.41) is 3.48. The van der Waals surface area contributed by atoms with Crippen LogP contribution in [0.15, 0.2) is 53.0 Å². The van der Waals surface area contributed by atoms with Crippen molar-refractivity contribution in [2.24, 2.45) is 0 Å². The molecule has 0 aliphatic carbocycles. The molecule has 3 aliphatic rings. The Morgan fingerprint density at radius 1 is 0.949 bits per heavy atom. The first-order valence-corrected chi connectivity index (χ1v) is 15.0. The van der Waals surface area contributed by atoms with Crippen LogP contribution in [0.4, 0.5) is 4.79 Å². The van der Waals surface area contributed by atoms with Gasteiger partial charge in [-0.1, -0.05) is 52.3 Å². The molecular weight excluding hydrogens is 555 g/mol. The Bertz CT molecular complexity index is 1090. The number of carbonyl (C=O) groups excluding carboxylic acids is 1. The lowest BCUT2D eigenvalue weighted by atomic mass is 9.78. The summed E-state index contributed by atoms with van der Waals surface area (Å²) in [6.45, 7) is 15.8. The first kappa shape index (κ1) is 30.1. The predicted octanol–water partition coefficient (Wildman–Crippen LogP) is 6.93. The first-order valence-electron chi connectivity index (χ1n) is 14.2. The molecule has 2 aromatic rings. The minimum absolute atomic E-state index is 0.0622. The lowest BCUT2D eigenvalue weighted by Gasteiger charge is -2.32. The minimum atomic E-state index is -0.481. The molecule has 3 fully saturated rings. The summed E-state index contributed by atoms with van der Waals surface area (Å²) in [4.78, 5) is 14.4. The SMILES string of the molecule is Brc1ccc(C2CCCN2)cc1.CC(C)(C)OC(=O)N1CCCC1c1ccc(B2OC(C)(C)C(C)(C)O2)cc1. The predicted molar refractivity (Wildman–Crippen MR) is 161 cm³/mol. The second kappa shape index (κ2) is 11.9. The number of nitrogens with zero attached hydrogens (tertiary/aromatic N) is 1. The summed E-state index contributed by atoms with van der Waals surface area (Å²) in [6, 6.07) is 17.5. The molecular formula is C31H44BBrN2O4. The maximum absolute atomic E-state index is 12.5. The zero-order chi connectivity index (χ0) is 28.4. The first-order chi connectivity index (χ1) is 18.3. The number of benzene rings is 2. The molecule has 3 aliphatic heterocycles. The van der Waals surface area contributed by atoms with Crippen LogP contribution in [0.2, 0.25) is 0 Å². The highest BCUT2D eigenvalue weighted by atomic mass is 79.9. The summed E-state index contributed by atoms with van der Waals surface area (Å²) in [5.74, 6) is 0. The van der Waals surface area contributed by atoms with Crippen molar-refractivity contribution in [3.05, 3.63) is 64.1 Å². The van der Waals surface area contributed by atoms with Gasteiger partial charge in [0.25, 0.3) is 0 Å². The van der Waals surface area contributed by atoms with Gasteiger partial charge < -0.3 is 24.3 Å². The molecule has 5 rings (SSSR count). The van der Waals surface area contributed by atoms with Crippen LogP contribution in [0.5, 0.6) is 0 Å². The number of carbonyl (C=O) groups is 1. The molecule has 8 heteroatoms. The molecule has 0 spiro atoms. The normalized spacial score (nSPS) is 23.9. The fourth-order valence-electron chi connectivity index (χ4n) is 5.17. The Hall–Kier alpha value is -1.87. The number of hydrogen-bond donors (Lipinski definition) is 1. The van der Waals surface area contributed by atoms with Crippen molar-refractivity contribution in [2.75, 3.05) is 13.1 Å². The molecule has 2 unspecified atom stereocenters. The fraction of sp³-hybridized carbons (Fsp3) is 0.581. The van der Waals surface area contributed by atoms with E-state index < -0.39 is 5.60 Å². The van der Waals surface area contributed by atoms with Crippen LogP contribution < -0.4 is 10.8 Å². The topological polar surface area (TPSA) is 60.0 Å². The van der Waals surface area contributed by atoms with Crippen LogP contribution in [-0.4, -0.2) is 48.0 Å². The molecule has 0 aromatic heterocycles. The van der Waals surface area contributed by atoms with Crippen LogP contribution in [-0.2, 0) is 14.0 Å². The molecule has 0 saturated carbocycles. The van der Waals surface area contributed by atoms with Gasteiger partial charge in [0.1, 0.15) is 5.60 Å². The van der Waals surface area contributed by atoms with E-state index in [-0.39, 0.29) is 30.5 Å². The quantitative estimate of drug-likeness (QED) is 0.388. The van der Waals surface area contributed by atoms with Gasteiger partial charge in [-0.25, -0.2) is 4.79 Å². The lowest BCUT2D eigenvalue weighted by Crippen LogP contribution is -2.41. The number of likely N-dealkylation sites (tertiary alicyclic amines) is 1. The summed E-state index contributed by atoms with van der Waals surface area (Å²) in [5.41, 5.74) is 2.35. The average molecular weight is 599 g/mol. The van der Waals surface area contributed by atoms with E-state index in [2.05, 4.69) is 85.3 Å². The van der Waals surface area contributed by atoms with Crippen LogP contribution in [0.25, 0.3) is 0 Å². The lowest BCUT2D eigenvalue weighted by molar-refractivity contribution is 0.00578. The number of hydrogen-bond acceptors (Lipinski definition) is 5. The largest absolute Gasteiger partial charge is 0.494 e. The van der Waals surface area contributed by atoms with Crippen molar-refractivity contribution in [1.29, 1.82) is 0 Å². The van der Waals surface area contributed by atoms with E-state index in [1.807, 2.05) is 37.8 Å². The van der Waals surface area contributed by atoms with Gasteiger partial charge in [0.2, 0.25) is 0 Å². The molecule has 1 N–H and O–H groups in total. The van der Waals surface area contributed by atoms with Gasteiger partial charge >= 0.3 is 13.2 Å². The second-order valence-corrected chi connectivity index (χ2v) is 13.7. The van der Waals surface area contributed by atoms with E-state index in [1.165, 1.54) is 24.9 Å². The Morgan fingerprint density at radius 3 is 2.08 bits per heavy atom. The van der Waals surface area contributed by atoms with Crippen LogP contribution >= 0.6 is 15.9 Å². The molecule has 1 amide bonds. The third-order valence-electron chi connectivity index (χ3n) is 8.06. The Kier molecular flexibility index (Phi) is 9.21. The second-order valence-electron chi connectivity index (χ2n) is 12.8. The maximum atomic E-state index is 12.5. The third-order valence-corrected chi connectivity index (χ3v) is 8.59. The van der Waals surface area contributed by atoms with Gasteiger partial charge in [-0.15, -0.1) is 0 Å². The molecule has 3 saturated heterocycles. The van der Waals surface area contributed by atoms with Crippen molar-refractivity contribution in [3.63, 3.8) is 0 Å². The van der Waals surface area contributed by atoms with E-state index in [0.717, 1.165) is 34.9 Å². The molecule has 212 valence electrons. The van der Waals surface area contributed by atoms with E-state index >= 15 is 0 Å². The standard InChI is InChI=1S/C21H32BNO4.C10H12BrN/c1-19(2,3)25-18(24)23-14-8-9-17(23)15-10-12-16(13-11-15)22-26-20(4,5)21(6,7)27-22;11-9-5-3-8(4-6-9)10-2-1-7-12-10/h10-13,17H,8-9,14H2,1-7H3;3-6,10,12H,1-2,7H2. The van der Waals surface area contributed by atoms with Gasteiger partial charge in [-0.3, -0.25) is 0 Å². The van der Waals surface area contributed by atoms with Crippen LogP contribution in [0.3, 0.4) is 0 Å². The highest BCUT2D eigenvalue weighted by molar-refractivity contribution is 9.10. The van der Waals surface area contributed by atoms with Crippen molar-refractivity contribution >= 4 is 34.6 Å². The molecule has 0 radical (unpaired) electrons. The van der Waals surface area contributed by atoms with E-state index in [1.54, 1.807) is 0 Å². The number of ether oxygens (including phenoxy) is 1. The van der Waals surface area contributed by atoms with E-state index in [9.17, 15) is 4.79 Å². The molecule has 0 bridgehead atoms. The van der Waals surface area contributed by atoms with Gasteiger partial charge in [-0.2, -0.15) is 0 Å². The monoisotopic (exact) mass is 598 g/mol. The van der Waals surface area contributed by atoms with Gasteiger partial charge in [0, 0.05) is 17.1 Å². The molecule has 2 aromatic carbocycles. The van der Waals surface area contributed by atoms with Gasteiger partial charge in [-0.05, 0) is 109 Å². The molecule has 2 atom stereocenters. The number of rotatable bonds is 3. The summed E-state index contributed by atoms with van der Waals surface area (Å²) in [7, 11) is -0.366. The van der Waals surface area contributed by atoms with Crippen molar-refractivity contribution in [3.8, 4) is 0 Å². The zero-order valence-corrected chi connectivity index (χ0v) is 26.1. The number of nitrogens with one attached hydrogen (secondary N) is 1. The summed E-state index contributed by atoms with van der Waals surface area (Å²) in [6.07, 6.45) is 4.29. The van der Waals surface area contributed by atoms with Crippen molar-refractivity contribution in [2.45, 2.75) is 103 Å². The number of amides is 1. The van der Waals surface area contributed by atoms with Crippen LogP contribution in [0, 0.1) is 0 Å². The van der Waals surface area contributed by atoms with E-state index in [0.29, 0.717) is 6.04 Å². The average Bonchev–Trinajstić information content (AvgIpc) is 3.59. The van der Waals surface area contributed by atoms with Crippen molar-refractivity contribution in [1.82, 2.24) is 10.2 Å². The highest BCUT2D eigenvalue weighted by Crippen LogP contribution is 2.37. The molecule has 6 nitrogen and oxygen atoms in total. The third kappa shape index (κ3) is 7.46. The van der Waals surface area contributed by atoms with Crippen LogP contribution in [0.1, 0.15) is 97.4 Å². The summed E-state index contributed by atoms with van der Waals surface area (Å²) >= 11 is 3.43. The van der Waals surface area contributed by atoms with Gasteiger partial charge in [0.05, 0.1) is 17.2 Å². The number of halogens is 1. The Morgan fingerprint density at radius 2 is 1.54 bits per heavy atom. The van der Waals surface area contributed by atoms with Gasteiger partial charge in [0.15, 0.2) is 0 Å². The molecule has 39 heavy (non-hydrogen) atoms. The zero-order valence-electron chi connectivity index (χ0n) is 24.6. The van der Waals surface area contributed by atoms with E-state index in [4.69, 9.17) is 14.0 Å². The van der Waals surface area contributed by atoms with Crippen molar-refractivity contribution < 1.29 is 18.8 Å². The Balaban J connectivity index is 0.000000243. The Labute approximate surface area is 243 Å².